The third-order valence-electron chi connectivity index (χ3n) is 4.70. The van der Waals surface area contributed by atoms with Crippen LogP contribution in [0.25, 0.3) is 11.8 Å². The quantitative estimate of drug-likeness (QED) is 0.553. The van der Waals surface area contributed by atoms with Gasteiger partial charge in [-0.2, -0.15) is 0 Å². The molecule has 0 aliphatic carbocycles. The fourth-order valence-electron chi connectivity index (χ4n) is 3.22. The first-order valence-electron chi connectivity index (χ1n) is 8.86. The van der Waals surface area contributed by atoms with E-state index < -0.39 is 17.8 Å². The number of imide groups is 1. The van der Waals surface area contributed by atoms with Crippen molar-refractivity contribution in [3.63, 3.8) is 0 Å². The van der Waals surface area contributed by atoms with Crippen LogP contribution in [0.4, 0.5) is 9.18 Å². The molecule has 0 unspecified atom stereocenters. The summed E-state index contributed by atoms with van der Waals surface area (Å²) in [5.41, 5.74) is 3.27. The first-order valence-corrected chi connectivity index (χ1v) is 8.86. The van der Waals surface area contributed by atoms with Gasteiger partial charge in [0.1, 0.15) is 11.5 Å². The molecule has 3 amide bonds. The number of amides is 3. The van der Waals surface area contributed by atoms with Crippen LogP contribution in [-0.2, 0) is 11.3 Å². The van der Waals surface area contributed by atoms with Crippen LogP contribution < -0.4 is 5.32 Å². The Morgan fingerprint density at radius 1 is 1.00 bits per heavy atom. The largest absolute Gasteiger partial charge is 0.329 e. The normalized spacial score (nSPS) is 15.4. The highest BCUT2D eigenvalue weighted by molar-refractivity contribution is 6.13. The molecule has 1 aliphatic heterocycles. The smallest absolute Gasteiger partial charge is 0.317 e. The van der Waals surface area contributed by atoms with E-state index in [1.165, 1.54) is 6.07 Å². The summed E-state index contributed by atoms with van der Waals surface area (Å²) in [5, 5.41) is 2.59. The number of benzene rings is 2. The van der Waals surface area contributed by atoms with Crippen molar-refractivity contribution in [2.75, 3.05) is 0 Å². The number of carbonyl (C=O) groups excluding carboxylic acids is 2. The molecule has 1 fully saturated rings. The van der Waals surface area contributed by atoms with Gasteiger partial charge < -0.3 is 9.88 Å². The van der Waals surface area contributed by atoms with E-state index in [0.29, 0.717) is 0 Å². The second-order valence-corrected chi connectivity index (χ2v) is 6.56. The minimum atomic E-state index is -0.562. The van der Waals surface area contributed by atoms with Crippen molar-refractivity contribution in [2.45, 2.75) is 13.5 Å². The third kappa shape index (κ3) is 3.20. The minimum absolute atomic E-state index is 0.118. The Morgan fingerprint density at radius 2 is 1.75 bits per heavy atom. The van der Waals surface area contributed by atoms with E-state index in [1.807, 2.05) is 54.1 Å². The lowest BCUT2D eigenvalue weighted by Gasteiger charge is -2.12. The van der Waals surface area contributed by atoms with E-state index in [-0.39, 0.29) is 17.8 Å². The van der Waals surface area contributed by atoms with Crippen molar-refractivity contribution < 1.29 is 14.0 Å². The fourth-order valence-corrected chi connectivity index (χ4v) is 3.22. The molecule has 1 aromatic heterocycles. The van der Waals surface area contributed by atoms with Crippen molar-refractivity contribution in [1.82, 2.24) is 14.8 Å². The van der Waals surface area contributed by atoms with Gasteiger partial charge in [0.25, 0.3) is 5.91 Å². The van der Waals surface area contributed by atoms with E-state index in [4.69, 9.17) is 0 Å². The number of hydrogen-bond acceptors (Lipinski definition) is 2. The van der Waals surface area contributed by atoms with Crippen LogP contribution in [0.5, 0.6) is 0 Å². The number of nitrogens with zero attached hydrogens (tertiary/aromatic N) is 2. The number of hydrogen-bond donors (Lipinski definition) is 1. The fraction of sp³-hybridized carbons (Fsp3) is 0.0909. The number of nitrogens with one attached hydrogen (secondary N) is 1. The van der Waals surface area contributed by atoms with Crippen molar-refractivity contribution in [1.29, 1.82) is 0 Å². The first-order chi connectivity index (χ1) is 13.5. The molecule has 5 nitrogen and oxygen atoms in total. The minimum Gasteiger partial charge on any atom is -0.317 e. The zero-order valence-electron chi connectivity index (χ0n) is 15.2. The maximum atomic E-state index is 13.9. The van der Waals surface area contributed by atoms with Crippen molar-refractivity contribution in [2.24, 2.45) is 0 Å². The average Bonchev–Trinajstić information content (AvgIpc) is 3.24. The van der Waals surface area contributed by atoms with Gasteiger partial charge in [0.15, 0.2) is 0 Å². The lowest BCUT2D eigenvalue weighted by molar-refractivity contribution is -0.123. The summed E-state index contributed by atoms with van der Waals surface area (Å²) >= 11 is 0. The van der Waals surface area contributed by atoms with Crippen molar-refractivity contribution >= 4 is 18.0 Å². The van der Waals surface area contributed by atoms with Crippen LogP contribution in [-0.4, -0.2) is 21.4 Å². The Kier molecular flexibility index (Phi) is 4.53. The molecule has 28 heavy (non-hydrogen) atoms. The van der Waals surface area contributed by atoms with Gasteiger partial charge in [-0.1, -0.05) is 36.4 Å². The molecule has 3 aromatic rings. The molecule has 4 rings (SSSR count). The van der Waals surface area contributed by atoms with Gasteiger partial charge in [-0.05, 0) is 42.8 Å². The van der Waals surface area contributed by atoms with Crippen LogP contribution in [0.2, 0.25) is 0 Å². The average molecular weight is 375 g/mol. The standard InChI is InChI=1S/C22H18FN3O2/c1-15-7-2-5-11-20(15)25-12-6-9-17(25)13-19-21(27)26(22(28)24-19)14-16-8-3-4-10-18(16)23/h2-13H,14H2,1H3,(H,24,28)/b19-13+. The highest BCUT2D eigenvalue weighted by Gasteiger charge is 2.34. The van der Waals surface area contributed by atoms with Gasteiger partial charge >= 0.3 is 6.03 Å². The van der Waals surface area contributed by atoms with E-state index in [1.54, 1.807) is 24.3 Å². The number of aryl methyl sites for hydroxylation is 1. The molecule has 1 saturated heterocycles. The van der Waals surface area contributed by atoms with Crippen LogP contribution in [0, 0.1) is 12.7 Å². The number of carbonyl (C=O) groups is 2. The third-order valence-corrected chi connectivity index (χ3v) is 4.70. The lowest BCUT2D eigenvalue weighted by atomic mass is 10.2. The molecule has 0 atom stereocenters. The molecule has 1 N–H and O–H groups in total. The SMILES string of the molecule is Cc1ccccc1-n1cccc1/C=C1/NC(=O)N(Cc2ccccc2F)C1=O. The molecule has 140 valence electrons. The van der Waals surface area contributed by atoms with Crippen LogP contribution in [0.15, 0.2) is 72.6 Å². The maximum Gasteiger partial charge on any atom is 0.329 e. The molecule has 0 spiro atoms. The molecule has 0 saturated carbocycles. The summed E-state index contributed by atoms with van der Waals surface area (Å²) in [6, 6.07) is 17.2. The van der Waals surface area contributed by atoms with Crippen LogP contribution >= 0.6 is 0 Å². The van der Waals surface area contributed by atoms with Crippen molar-refractivity contribution in [3.05, 3.63) is 95.2 Å². The molecule has 2 heterocycles. The molecule has 0 radical (unpaired) electrons. The van der Waals surface area contributed by atoms with Gasteiger partial charge in [-0.3, -0.25) is 9.69 Å². The van der Waals surface area contributed by atoms with E-state index in [9.17, 15) is 14.0 Å². The summed E-state index contributed by atoms with van der Waals surface area (Å²) < 4.78 is 15.8. The monoisotopic (exact) mass is 375 g/mol. The number of halogens is 1. The van der Waals surface area contributed by atoms with E-state index in [2.05, 4.69) is 5.32 Å². The first kappa shape index (κ1) is 17.7. The van der Waals surface area contributed by atoms with Gasteiger partial charge in [0.2, 0.25) is 0 Å². The zero-order valence-corrected chi connectivity index (χ0v) is 15.2. The van der Waals surface area contributed by atoms with E-state index in [0.717, 1.165) is 21.8 Å². The van der Waals surface area contributed by atoms with Crippen molar-refractivity contribution in [3.8, 4) is 5.69 Å². The predicted molar refractivity (Wildman–Crippen MR) is 104 cm³/mol. The topological polar surface area (TPSA) is 54.3 Å². The second kappa shape index (κ2) is 7.15. The highest BCUT2D eigenvalue weighted by Crippen LogP contribution is 2.21. The second-order valence-electron chi connectivity index (χ2n) is 6.56. The summed E-state index contributed by atoms with van der Waals surface area (Å²) in [7, 11) is 0. The molecular weight excluding hydrogens is 357 g/mol. The molecule has 0 bridgehead atoms. The lowest BCUT2D eigenvalue weighted by Crippen LogP contribution is -2.30. The van der Waals surface area contributed by atoms with Gasteiger partial charge in [0.05, 0.1) is 6.54 Å². The summed E-state index contributed by atoms with van der Waals surface area (Å²) in [5.74, 6) is -0.931. The Labute approximate surface area is 161 Å². The van der Waals surface area contributed by atoms with Gasteiger partial charge in [-0.15, -0.1) is 0 Å². The van der Waals surface area contributed by atoms with E-state index >= 15 is 0 Å². The Morgan fingerprint density at radius 3 is 2.54 bits per heavy atom. The Hall–Kier alpha value is -3.67. The number of urea groups is 1. The maximum absolute atomic E-state index is 13.9. The molecule has 2 aromatic carbocycles. The molecule has 6 heteroatoms. The highest BCUT2D eigenvalue weighted by atomic mass is 19.1. The Balaban J connectivity index is 1.63. The number of para-hydroxylation sites is 1. The number of rotatable bonds is 4. The van der Waals surface area contributed by atoms with Gasteiger partial charge in [-0.25, -0.2) is 9.18 Å². The summed E-state index contributed by atoms with van der Waals surface area (Å²) in [6.07, 6.45) is 3.53. The summed E-state index contributed by atoms with van der Waals surface area (Å²) in [6.45, 7) is 1.89. The molecule has 1 aliphatic rings. The van der Waals surface area contributed by atoms with Crippen LogP contribution in [0.3, 0.4) is 0 Å². The Bertz CT molecular complexity index is 1100. The zero-order chi connectivity index (χ0) is 19.7. The molecular formula is C22H18FN3O2. The predicted octanol–water partition coefficient (Wildman–Crippen LogP) is 4.02. The van der Waals surface area contributed by atoms with Crippen LogP contribution in [0.1, 0.15) is 16.8 Å². The number of aromatic nitrogens is 1. The van der Waals surface area contributed by atoms with Gasteiger partial charge in [0, 0.05) is 23.1 Å². The summed E-state index contributed by atoms with van der Waals surface area (Å²) in [4.78, 5) is 26.0.